The number of hydrogen-bond donors (Lipinski definition) is 0. The van der Waals surface area contributed by atoms with E-state index in [2.05, 4.69) is 29.2 Å². The van der Waals surface area contributed by atoms with E-state index < -0.39 is 0 Å². The highest BCUT2D eigenvalue weighted by Gasteiger charge is 1.95. The van der Waals surface area contributed by atoms with E-state index >= 15 is 0 Å². The maximum atomic E-state index is 4.32. The molecule has 15 heavy (non-hydrogen) atoms. The molecule has 0 unspecified atom stereocenters. The Morgan fingerprint density at radius 1 is 1.00 bits per heavy atom. The van der Waals surface area contributed by atoms with Gasteiger partial charge in [0.2, 0.25) is 0 Å². The number of pyridine rings is 1. The van der Waals surface area contributed by atoms with Gasteiger partial charge in [-0.2, -0.15) is 0 Å². The van der Waals surface area contributed by atoms with Crippen LogP contribution >= 0.6 is 11.3 Å². The largest absolute Gasteiger partial charge is 0.303 e. The predicted octanol–water partition coefficient (Wildman–Crippen LogP) is 3.76. The lowest BCUT2D eigenvalue weighted by Crippen LogP contribution is -1.75. The Balaban J connectivity index is 2.21. The third-order valence-electron chi connectivity index (χ3n) is 2.24. The van der Waals surface area contributed by atoms with Gasteiger partial charge >= 0.3 is 0 Å². The molecule has 3 rings (SSSR count). The van der Waals surface area contributed by atoms with Gasteiger partial charge in [-0.05, 0) is 15.6 Å². The van der Waals surface area contributed by atoms with E-state index in [4.69, 9.17) is 0 Å². The van der Waals surface area contributed by atoms with Crippen LogP contribution in [0.3, 0.4) is 0 Å². The molecule has 1 aromatic carbocycles. The molecule has 0 saturated heterocycles. The minimum absolute atomic E-state index is 0.999. The number of nitrogens with zero attached hydrogens (tertiary/aromatic N) is 1. The lowest BCUT2D eigenvalue weighted by Gasteiger charge is -1.98. The van der Waals surface area contributed by atoms with Crippen LogP contribution in [-0.4, -0.2) is 4.98 Å². The molecule has 0 aliphatic heterocycles. The van der Waals surface area contributed by atoms with Crippen molar-refractivity contribution in [3.05, 3.63) is 54.7 Å². The van der Waals surface area contributed by atoms with Crippen molar-refractivity contribution in [2.24, 2.45) is 0 Å². The summed E-state index contributed by atoms with van der Waals surface area (Å²) in [6, 6.07) is 17.6. The summed E-state index contributed by atoms with van der Waals surface area (Å²) in [6.07, 6.45) is 1.81. The van der Waals surface area contributed by atoms with Crippen molar-refractivity contribution in [2.45, 2.75) is 0 Å². The Bertz CT molecular complexity index is 551. The fourth-order valence-electron chi connectivity index (χ4n) is 1.53. The molecule has 0 N–H and O–H groups in total. The van der Waals surface area contributed by atoms with Gasteiger partial charge < -0.3 is 4.98 Å². The molecule has 0 amide bonds. The smallest absolute Gasteiger partial charge is 0.0161 e. The highest BCUT2D eigenvalue weighted by atomic mass is 32.1. The van der Waals surface area contributed by atoms with Crippen molar-refractivity contribution in [1.82, 2.24) is 4.98 Å². The van der Waals surface area contributed by atoms with E-state index in [-0.39, 0.29) is 0 Å². The average Bonchev–Trinajstić information content (AvgIpc) is 2.74. The van der Waals surface area contributed by atoms with Crippen LogP contribution in [0.4, 0.5) is 0 Å². The van der Waals surface area contributed by atoms with E-state index in [0.29, 0.717) is 0 Å². The van der Waals surface area contributed by atoms with E-state index in [0.717, 1.165) is 10.6 Å². The van der Waals surface area contributed by atoms with Crippen LogP contribution in [0.2, 0.25) is 0 Å². The molecular weight excluding hydrogens is 202 g/mol. The Morgan fingerprint density at radius 3 is 2.67 bits per heavy atom. The molecule has 0 fully saturated rings. The van der Waals surface area contributed by atoms with Crippen LogP contribution < -0.4 is 0 Å². The standard InChI is InChI=1S/C13H8NS/c1-2-7-12-10(5-1)9-13(15-12)11-6-3-4-8-14-11/h1-8H/q-1. The summed E-state index contributed by atoms with van der Waals surface area (Å²) in [4.78, 5) is 5.43. The molecule has 0 aliphatic rings. The molecule has 3 aromatic rings. The summed E-state index contributed by atoms with van der Waals surface area (Å²) in [5.74, 6) is 0. The quantitative estimate of drug-likeness (QED) is 0.557. The normalized spacial score (nSPS) is 10.7. The molecule has 1 nitrogen and oxygen atoms in total. The van der Waals surface area contributed by atoms with Crippen molar-refractivity contribution in [3.8, 4) is 10.6 Å². The second-order valence-electron chi connectivity index (χ2n) is 3.27. The van der Waals surface area contributed by atoms with Crippen LogP contribution in [-0.2, 0) is 0 Å². The SMILES string of the molecule is [c-]1c(-c2ccccn2)sc2ccccc12. The van der Waals surface area contributed by atoms with Crippen LogP contribution in [0.15, 0.2) is 48.7 Å². The molecule has 0 saturated carbocycles. The Kier molecular flexibility index (Phi) is 2.00. The maximum Gasteiger partial charge on any atom is 0.0161 e. The van der Waals surface area contributed by atoms with E-state index in [9.17, 15) is 0 Å². The molecule has 0 atom stereocenters. The summed E-state index contributed by atoms with van der Waals surface area (Å²) in [5, 5.41) is 1.17. The number of hydrogen-bond acceptors (Lipinski definition) is 2. The van der Waals surface area contributed by atoms with Gasteiger partial charge in [0, 0.05) is 11.9 Å². The van der Waals surface area contributed by atoms with E-state index in [1.54, 1.807) is 11.3 Å². The van der Waals surface area contributed by atoms with Gasteiger partial charge in [0.1, 0.15) is 0 Å². The van der Waals surface area contributed by atoms with Crippen molar-refractivity contribution in [1.29, 1.82) is 0 Å². The maximum absolute atomic E-state index is 4.32. The summed E-state index contributed by atoms with van der Waals surface area (Å²) >= 11 is 1.73. The van der Waals surface area contributed by atoms with Crippen LogP contribution in [0.1, 0.15) is 0 Å². The third kappa shape index (κ3) is 1.53. The predicted molar refractivity (Wildman–Crippen MR) is 63.9 cm³/mol. The molecule has 2 aromatic heterocycles. The summed E-state index contributed by atoms with van der Waals surface area (Å²) in [5.41, 5.74) is 0.999. The molecule has 0 radical (unpaired) electrons. The van der Waals surface area contributed by atoms with Crippen molar-refractivity contribution in [2.75, 3.05) is 0 Å². The number of thiophene rings is 1. The van der Waals surface area contributed by atoms with Crippen molar-refractivity contribution < 1.29 is 0 Å². The van der Waals surface area contributed by atoms with E-state index in [1.807, 2.05) is 30.5 Å². The molecule has 72 valence electrons. The topological polar surface area (TPSA) is 12.9 Å². The van der Waals surface area contributed by atoms with Crippen molar-refractivity contribution in [3.63, 3.8) is 0 Å². The van der Waals surface area contributed by atoms with Crippen LogP contribution in [0, 0.1) is 6.07 Å². The minimum Gasteiger partial charge on any atom is -0.303 e. The molecular formula is C13H8NS-. The first-order valence-corrected chi connectivity index (χ1v) is 5.57. The van der Waals surface area contributed by atoms with Gasteiger partial charge in [-0.3, -0.25) is 0 Å². The third-order valence-corrected chi connectivity index (χ3v) is 3.34. The first-order chi connectivity index (χ1) is 7.43. The monoisotopic (exact) mass is 210 g/mol. The fraction of sp³-hybridized carbons (Fsp3) is 0. The highest BCUT2D eigenvalue weighted by molar-refractivity contribution is 7.22. The van der Waals surface area contributed by atoms with Gasteiger partial charge in [-0.15, -0.1) is 23.6 Å². The lowest BCUT2D eigenvalue weighted by atomic mass is 10.2. The zero-order valence-electron chi connectivity index (χ0n) is 7.97. The zero-order valence-corrected chi connectivity index (χ0v) is 8.79. The lowest BCUT2D eigenvalue weighted by molar-refractivity contribution is 1.34. The summed E-state index contributed by atoms with van der Waals surface area (Å²) in [7, 11) is 0. The summed E-state index contributed by atoms with van der Waals surface area (Å²) < 4.78 is 1.26. The molecule has 0 spiro atoms. The number of rotatable bonds is 1. The van der Waals surface area contributed by atoms with Gasteiger partial charge in [-0.1, -0.05) is 24.3 Å². The average molecular weight is 210 g/mol. The molecule has 0 bridgehead atoms. The number of benzene rings is 1. The number of aromatic nitrogens is 1. The Labute approximate surface area is 92.0 Å². The zero-order chi connectivity index (χ0) is 10.1. The van der Waals surface area contributed by atoms with Gasteiger partial charge in [0.15, 0.2) is 0 Å². The van der Waals surface area contributed by atoms with Crippen molar-refractivity contribution >= 4 is 21.4 Å². The fourth-order valence-corrected chi connectivity index (χ4v) is 2.51. The number of fused-ring (bicyclic) bond motifs is 1. The van der Waals surface area contributed by atoms with Gasteiger partial charge in [0.05, 0.1) is 0 Å². The second kappa shape index (κ2) is 3.48. The van der Waals surface area contributed by atoms with Crippen LogP contribution in [0.25, 0.3) is 20.7 Å². The molecule has 2 heterocycles. The molecule has 2 heteroatoms. The Hall–Kier alpha value is -1.67. The Morgan fingerprint density at radius 2 is 1.87 bits per heavy atom. The van der Waals surface area contributed by atoms with Gasteiger partial charge in [0.25, 0.3) is 0 Å². The highest BCUT2D eigenvalue weighted by Crippen LogP contribution is 2.31. The first kappa shape index (κ1) is 8.62. The van der Waals surface area contributed by atoms with Gasteiger partial charge in [-0.25, -0.2) is 11.3 Å². The minimum atomic E-state index is 0.999. The molecule has 0 aliphatic carbocycles. The van der Waals surface area contributed by atoms with Crippen LogP contribution in [0.5, 0.6) is 0 Å². The second-order valence-corrected chi connectivity index (χ2v) is 4.32. The first-order valence-electron chi connectivity index (χ1n) is 4.76. The van der Waals surface area contributed by atoms with E-state index in [1.165, 1.54) is 10.1 Å². The summed E-state index contributed by atoms with van der Waals surface area (Å²) in [6.45, 7) is 0.